The molecule has 9 nitrogen and oxygen atoms in total. The van der Waals surface area contributed by atoms with Crippen LogP contribution in [0.25, 0.3) is 0 Å². The molecule has 3 amide bonds. The normalized spacial score (nSPS) is 33.3. The monoisotopic (exact) mass is 289 g/mol. The number of primary amides is 1. The molecule has 0 radical (unpaired) electrons. The summed E-state index contributed by atoms with van der Waals surface area (Å²) in [4.78, 5) is 33.8. The summed E-state index contributed by atoms with van der Waals surface area (Å²) in [5.74, 6) is -1.68. The van der Waals surface area contributed by atoms with Crippen LogP contribution in [-0.2, 0) is 23.9 Å². The Balaban J connectivity index is 3.07. The van der Waals surface area contributed by atoms with Gasteiger partial charge in [-0.25, -0.2) is 0 Å². The van der Waals surface area contributed by atoms with Gasteiger partial charge in [0.25, 0.3) is 0 Å². The predicted molar refractivity (Wildman–Crippen MR) is 66.1 cm³/mol. The first-order chi connectivity index (χ1) is 9.27. The second kappa shape index (κ2) is 6.64. The number of hydrogen-bond donors (Lipinski definition) is 4. The van der Waals surface area contributed by atoms with Crippen molar-refractivity contribution in [1.29, 1.82) is 0 Å². The number of nitrogens with one attached hydrogen (secondary N) is 2. The van der Waals surface area contributed by atoms with Crippen LogP contribution in [0.15, 0.2) is 0 Å². The van der Waals surface area contributed by atoms with Crippen LogP contribution in [-0.4, -0.2) is 60.5 Å². The Morgan fingerprint density at radius 3 is 2.05 bits per heavy atom. The maximum atomic E-state index is 11.3. The summed E-state index contributed by atoms with van der Waals surface area (Å²) in [5.41, 5.74) is 5.18. The molecular formula is C11H19N3O6. The Kier molecular flexibility index (Phi) is 5.43. The molecule has 5 N–H and O–H groups in total. The average molecular weight is 289 g/mol. The van der Waals surface area contributed by atoms with Crippen molar-refractivity contribution in [3.63, 3.8) is 0 Å². The van der Waals surface area contributed by atoms with Gasteiger partial charge in [0.05, 0.1) is 6.04 Å². The molecule has 20 heavy (non-hydrogen) atoms. The van der Waals surface area contributed by atoms with E-state index in [1.165, 1.54) is 21.0 Å². The van der Waals surface area contributed by atoms with Gasteiger partial charge in [0.1, 0.15) is 12.1 Å². The Bertz CT molecular complexity index is 400. The van der Waals surface area contributed by atoms with E-state index in [1.54, 1.807) is 0 Å². The number of methoxy groups -OCH3 is 1. The molecule has 0 aromatic heterocycles. The van der Waals surface area contributed by atoms with Crippen molar-refractivity contribution in [2.24, 2.45) is 5.73 Å². The number of aliphatic hydroxyl groups is 1. The summed E-state index contributed by atoms with van der Waals surface area (Å²) < 4.78 is 10.2. The third-order valence-electron chi connectivity index (χ3n) is 2.92. The first kappa shape index (κ1) is 16.3. The third-order valence-corrected chi connectivity index (χ3v) is 2.92. The fourth-order valence-corrected chi connectivity index (χ4v) is 2.18. The van der Waals surface area contributed by atoms with Gasteiger partial charge >= 0.3 is 0 Å². The van der Waals surface area contributed by atoms with Gasteiger partial charge in [-0.05, 0) is 0 Å². The molecule has 1 fully saturated rings. The Morgan fingerprint density at radius 2 is 1.65 bits per heavy atom. The van der Waals surface area contributed by atoms with Crippen molar-refractivity contribution in [1.82, 2.24) is 10.6 Å². The Labute approximate surface area is 115 Å². The topological polar surface area (TPSA) is 140 Å². The highest BCUT2D eigenvalue weighted by atomic mass is 16.6. The summed E-state index contributed by atoms with van der Waals surface area (Å²) in [6, 6.07) is -1.82. The number of hydrogen-bond acceptors (Lipinski definition) is 6. The quantitative estimate of drug-likeness (QED) is 0.441. The summed E-state index contributed by atoms with van der Waals surface area (Å²) in [7, 11) is 1.31. The third kappa shape index (κ3) is 3.65. The van der Waals surface area contributed by atoms with E-state index in [1.807, 2.05) is 0 Å². The fourth-order valence-electron chi connectivity index (χ4n) is 2.18. The standard InChI is InChI=1S/C11H19N3O6/c1-4(15)13-6-7(14-5(2)16)11(18)20-9(10(12)17)8(6)19-3/h6-9,11,18H,1-3H3,(H2,12,17)(H,13,15)(H,14,16)/t6-,7-,8-,9+,11+/m1/s1. The van der Waals surface area contributed by atoms with Gasteiger partial charge in [-0.15, -0.1) is 0 Å². The molecule has 1 heterocycles. The van der Waals surface area contributed by atoms with Gasteiger partial charge in [-0.3, -0.25) is 14.4 Å². The molecule has 114 valence electrons. The lowest BCUT2D eigenvalue weighted by molar-refractivity contribution is -0.224. The molecule has 1 aliphatic heterocycles. The van der Waals surface area contributed by atoms with E-state index in [4.69, 9.17) is 15.2 Å². The number of amides is 3. The molecule has 5 atom stereocenters. The molecule has 0 aromatic rings. The molecule has 1 aliphatic rings. The fraction of sp³-hybridized carbons (Fsp3) is 0.727. The molecule has 0 saturated carbocycles. The maximum Gasteiger partial charge on any atom is 0.249 e. The van der Waals surface area contributed by atoms with Crippen molar-refractivity contribution in [2.45, 2.75) is 44.4 Å². The number of carbonyl (C=O) groups is 3. The van der Waals surface area contributed by atoms with Crippen molar-refractivity contribution in [3.8, 4) is 0 Å². The number of aliphatic hydroxyl groups excluding tert-OH is 1. The van der Waals surface area contributed by atoms with Crippen molar-refractivity contribution >= 4 is 17.7 Å². The highest BCUT2D eigenvalue weighted by Gasteiger charge is 2.48. The van der Waals surface area contributed by atoms with Crippen LogP contribution in [0.1, 0.15) is 13.8 Å². The molecule has 0 aromatic carbocycles. The van der Waals surface area contributed by atoms with E-state index >= 15 is 0 Å². The van der Waals surface area contributed by atoms with E-state index in [-0.39, 0.29) is 0 Å². The lowest BCUT2D eigenvalue weighted by atomic mass is 9.93. The number of ether oxygens (including phenoxy) is 2. The van der Waals surface area contributed by atoms with Gasteiger partial charge < -0.3 is 30.9 Å². The summed E-state index contributed by atoms with van der Waals surface area (Å²) in [5, 5.41) is 14.9. The molecule has 1 rings (SSSR count). The van der Waals surface area contributed by atoms with Gasteiger partial charge in [0.15, 0.2) is 12.4 Å². The molecule has 0 unspecified atom stereocenters. The summed E-state index contributed by atoms with van der Waals surface area (Å²) in [6.07, 6.45) is -3.67. The van der Waals surface area contributed by atoms with Crippen LogP contribution >= 0.6 is 0 Å². The van der Waals surface area contributed by atoms with Crippen molar-refractivity contribution < 1.29 is 29.0 Å². The van der Waals surface area contributed by atoms with E-state index in [0.29, 0.717) is 0 Å². The predicted octanol–water partition coefficient (Wildman–Crippen LogP) is -2.79. The second-order valence-electron chi connectivity index (χ2n) is 4.50. The van der Waals surface area contributed by atoms with Crippen LogP contribution in [0.3, 0.4) is 0 Å². The lowest BCUT2D eigenvalue weighted by Gasteiger charge is -2.43. The van der Waals surface area contributed by atoms with Gasteiger partial charge in [0, 0.05) is 21.0 Å². The van der Waals surface area contributed by atoms with Crippen molar-refractivity contribution in [3.05, 3.63) is 0 Å². The average Bonchev–Trinajstić information content (AvgIpc) is 2.32. The molecule has 0 aliphatic carbocycles. The minimum Gasteiger partial charge on any atom is -0.376 e. The van der Waals surface area contributed by atoms with Crippen LogP contribution in [0.4, 0.5) is 0 Å². The SMILES string of the molecule is CO[C@@H]1[C@H](NC(C)=O)[C@@H](NC(C)=O)[C@@H](O)O[C@@H]1C(N)=O. The van der Waals surface area contributed by atoms with Crippen LogP contribution in [0, 0.1) is 0 Å². The highest BCUT2D eigenvalue weighted by molar-refractivity contribution is 5.80. The summed E-state index contributed by atoms with van der Waals surface area (Å²) >= 11 is 0. The second-order valence-corrected chi connectivity index (χ2v) is 4.50. The number of nitrogens with two attached hydrogens (primary N) is 1. The van der Waals surface area contributed by atoms with E-state index < -0.39 is 48.3 Å². The van der Waals surface area contributed by atoms with Crippen molar-refractivity contribution in [2.75, 3.05) is 7.11 Å². The lowest BCUT2D eigenvalue weighted by Crippen LogP contribution is -2.70. The van der Waals surface area contributed by atoms with E-state index in [9.17, 15) is 19.5 Å². The Morgan fingerprint density at radius 1 is 1.15 bits per heavy atom. The zero-order valence-electron chi connectivity index (χ0n) is 11.5. The zero-order chi connectivity index (χ0) is 15.4. The Hall–Kier alpha value is -1.71. The smallest absolute Gasteiger partial charge is 0.249 e. The molecular weight excluding hydrogens is 270 g/mol. The van der Waals surface area contributed by atoms with E-state index in [0.717, 1.165) is 0 Å². The minimum atomic E-state index is -1.50. The van der Waals surface area contributed by atoms with Gasteiger partial charge in [-0.1, -0.05) is 0 Å². The first-order valence-corrected chi connectivity index (χ1v) is 5.97. The van der Waals surface area contributed by atoms with E-state index in [2.05, 4.69) is 10.6 Å². The molecule has 0 bridgehead atoms. The van der Waals surface area contributed by atoms with Gasteiger partial charge in [0.2, 0.25) is 17.7 Å². The molecule has 0 spiro atoms. The minimum absolute atomic E-state index is 0.412. The van der Waals surface area contributed by atoms with Crippen LogP contribution in [0.2, 0.25) is 0 Å². The number of rotatable bonds is 4. The highest BCUT2D eigenvalue weighted by Crippen LogP contribution is 2.22. The largest absolute Gasteiger partial charge is 0.376 e. The number of carbonyl (C=O) groups excluding carboxylic acids is 3. The first-order valence-electron chi connectivity index (χ1n) is 5.97. The zero-order valence-corrected chi connectivity index (χ0v) is 11.5. The summed E-state index contributed by atoms with van der Waals surface area (Å²) in [6.45, 7) is 2.51. The molecule has 9 heteroatoms. The maximum absolute atomic E-state index is 11.3. The van der Waals surface area contributed by atoms with Gasteiger partial charge in [-0.2, -0.15) is 0 Å². The molecule has 1 saturated heterocycles. The van der Waals surface area contributed by atoms with Crippen LogP contribution < -0.4 is 16.4 Å². The van der Waals surface area contributed by atoms with Crippen LogP contribution in [0.5, 0.6) is 0 Å².